The van der Waals surface area contributed by atoms with Gasteiger partial charge in [0, 0.05) is 23.4 Å². The van der Waals surface area contributed by atoms with E-state index in [4.69, 9.17) is 0 Å². The van der Waals surface area contributed by atoms with E-state index in [2.05, 4.69) is 20.4 Å². The van der Waals surface area contributed by atoms with Crippen LogP contribution in [0.15, 0.2) is 71.5 Å². The predicted octanol–water partition coefficient (Wildman–Crippen LogP) is 4.14. The third kappa shape index (κ3) is 4.61. The van der Waals surface area contributed by atoms with Crippen molar-refractivity contribution in [3.8, 4) is 17.1 Å². The maximum absolute atomic E-state index is 12.8. The van der Waals surface area contributed by atoms with Gasteiger partial charge in [-0.2, -0.15) is 9.78 Å². The molecule has 1 amide bonds. The molecule has 4 aromatic rings. The number of hydrogen-bond donors (Lipinski definition) is 2. The summed E-state index contributed by atoms with van der Waals surface area (Å²) in [5, 5.41) is 7.27. The highest BCUT2D eigenvalue weighted by Gasteiger charge is 2.15. The van der Waals surface area contributed by atoms with Gasteiger partial charge in [0.05, 0.1) is 5.69 Å². The fourth-order valence-electron chi connectivity index (χ4n) is 3.36. The average Bonchev–Trinajstić information content (AvgIpc) is 3.14. The monoisotopic (exact) mass is 413 g/mol. The number of aryl methyl sites for hydroxylation is 2. The number of amides is 1. The summed E-state index contributed by atoms with van der Waals surface area (Å²) < 4.78 is 1.45. The van der Waals surface area contributed by atoms with Crippen LogP contribution < -0.4 is 10.9 Å². The first-order valence-electron chi connectivity index (χ1n) is 10.2. The Morgan fingerprint density at radius 2 is 1.74 bits per heavy atom. The van der Waals surface area contributed by atoms with Gasteiger partial charge < -0.3 is 5.32 Å². The summed E-state index contributed by atoms with van der Waals surface area (Å²) in [6.07, 6.45) is 1.56. The summed E-state index contributed by atoms with van der Waals surface area (Å²) in [4.78, 5) is 32.1. The van der Waals surface area contributed by atoms with E-state index in [9.17, 15) is 9.59 Å². The second-order valence-corrected chi connectivity index (χ2v) is 7.29. The number of benzene rings is 2. The Morgan fingerprint density at radius 1 is 1.03 bits per heavy atom. The fourth-order valence-corrected chi connectivity index (χ4v) is 3.36. The first kappa shape index (κ1) is 20.3. The Kier molecular flexibility index (Phi) is 5.75. The third-order valence-corrected chi connectivity index (χ3v) is 4.82. The van der Waals surface area contributed by atoms with Crippen molar-refractivity contribution in [2.75, 3.05) is 5.32 Å². The molecule has 156 valence electrons. The van der Waals surface area contributed by atoms with Crippen molar-refractivity contribution < 1.29 is 4.79 Å². The SMILES string of the molecule is CCCc1cc(=O)[nH]c(-n2nc(C)cc2NC(=O)c2ccc(-c3ccccc3)cc2)n1. The number of hydrogen-bond acceptors (Lipinski definition) is 4. The third-order valence-electron chi connectivity index (χ3n) is 4.82. The number of nitrogens with one attached hydrogen (secondary N) is 2. The predicted molar refractivity (Wildman–Crippen MR) is 121 cm³/mol. The van der Waals surface area contributed by atoms with Crippen molar-refractivity contribution in [1.82, 2.24) is 19.7 Å². The molecular formula is C24H23N5O2. The van der Waals surface area contributed by atoms with Gasteiger partial charge in [-0.25, -0.2) is 4.98 Å². The molecule has 0 bridgehead atoms. The fraction of sp³-hybridized carbons (Fsp3) is 0.167. The van der Waals surface area contributed by atoms with Gasteiger partial charge in [0.25, 0.3) is 11.5 Å². The average molecular weight is 413 g/mol. The van der Waals surface area contributed by atoms with Crippen LogP contribution in [0.3, 0.4) is 0 Å². The molecular weight excluding hydrogens is 390 g/mol. The van der Waals surface area contributed by atoms with Crippen molar-refractivity contribution >= 4 is 11.7 Å². The van der Waals surface area contributed by atoms with E-state index in [0.717, 1.165) is 17.5 Å². The van der Waals surface area contributed by atoms with Gasteiger partial charge in [-0.3, -0.25) is 14.6 Å². The lowest BCUT2D eigenvalue weighted by Crippen LogP contribution is -2.19. The zero-order valence-corrected chi connectivity index (χ0v) is 17.4. The van der Waals surface area contributed by atoms with E-state index >= 15 is 0 Å². The van der Waals surface area contributed by atoms with Crippen LogP contribution in [0.5, 0.6) is 0 Å². The van der Waals surface area contributed by atoms with E-state index < -0.39 is 0 Å². The van der Waals surface area contributed by atoms with E-state index in [1.807, 2.05) is 56.3 Å². The summed E-state index contributed by atoms with van der Waals surface area (Å²) in [5.41, 5.74) is 3.76. The van der Waals surface area contributed by atoms with Crippen LogP contribution >= 0.6 is 0 Å². The molecule has 7 nitrogen and oxygen atoms in total. The highest BCUT2D eigenvalue weighted by Crippen LogP contribution is 2.20. The molecule has 0 fully saturated rings. The van der Waals surface area contributed by atoms with Crippen LogP contribution in [0, 0.1) is 6.92 Å². The molecule has 7 heteroatoms. The number of rotatable bonds is 6. The second kappa shape index (κ2) is 8.79. The van der Waals surface area contributed by atoms with Crippen LogP contribution in [-0.4, -0.2) is 25.7 Å². The number of aromatic amines is 1. The van der Waals surface area contributed by atoms with Crippen molar-refractivity contribution in [2.45, 2.75) is 26.7 Å². The van der Waals surface area contributed by atoms with Gasteiger partial charge in [-0.15, -0.1) is 0 Å². The molecule has 0 aliphatic heterocycles. The number of nitrogens with zero attached hydrogens (tertiary/aromatic N) is 3. The van der Waals surface area contributed by atoms with Gasteiger partial charge in [-0.1, -0.05) is 55.8 Å². The topological polar surface area (TPSA) is 92.7 Å². The Morgan fingerprint density at radius 3 is 2.45 bits per heavy atom. The number of aromatic nitrogens is 4. The molecule has 0 spiro atoms. The molecule has 0 aliphatic rings. The number of anilines is 1. The van der Waals surface area contributed by atoms with Crippen molar-refractivity contribution in [3.63, 3.8) is 0 Å². The minimum Gasteiger partial charge on any atom is -0.306 e. The summed E-state index contributed by atoms with van der Waals surface area (Å²) in [5.74, 6) is 0.443. The highest BCUT2D eigenvalue weighted by atomic mass is 16.1. The molecule has 2 aromatic carbocycles. The Balaban J connectivity index is 1.59. The van der Waals surface area contributed by atoms with Crippen molar-refractivity contribution in [3.05, 3.63) is 94.0 Å². The normalized spacial score (nSPS) is 10.8. The van der Waals surface area contributed by atoms with E-state index in [1.54, 1.807) is 18.2 Å². The van der Waals surface area contributed by atoms with Gasteiger partial charge >= 0.3 is 0 Å². The smallest absolute Gasteiger partial charge is 0.256 e. The van der Waals surface area contributed by atoms with Crippen molar-refractivity contribution in [2.24, 2.45) is 0 Å². The minimum absolute atomic E-state index is 0.254. The lowest BCUT2D eigenvalue weighted by atomic mass is 10.0. The maximum atomic E-state index is 12.8. The molecule has 0 aliphatic carbocycles. The zero-order chi connectivity index (χ0) is 21.8. The van der Waals surface area contributed by atoms with E-state index in [0.29, 0.717) is 29.2 Å². The standard InChI is InChI=1S/C24H23N5O2/c1-3-7-20-15-22(30)27-24(25-20)29-21(14-16(2)28-29)26-23(31)19-12-10-18(11-13-19)17-8-5-4-6-9-17/h4-6,8-15H,3,7H2,1-2H3,(H,26,31)(H,25,27,30). The number of H-pyrrole nitrogens is 1. The highest BCUT2D eigenvalue weighted by molar-refractivity contribution is 6.04. The molecule has 0 radical (unpaired) electrons. The Labute approximate surface area is 179 Å². The minimum atomic E-state index is -0.271. The van der Waals surface area contributed by atoms with Crippen LogP contribution in [0.4, 0.5) is 5.82 Å². The molecule has 0 unspecified atom stereocenters. The lowest BCUT2D eigenvalue weighted by Gasteiger charge is -2.09. The molecule has 2 N–H and O–H groups in total. The van der Waals surface area contributed by atoms with Gasteiger partial charge in [0.2, 0.25) is 5.95 Å². The lowest BCUT2D eigenvalue weighted by molar-refractivity contribution is 0.102. The molecule has 2 aromatic heterocycles. The largest absolute Gasteiger partial charge is 0.306 e. The first-order valence-corrected chi connectivity index (χ1v) is 10.2. The summed E-state index contributed by atoms with van der Waals surface area (Å²) in [6.45, 7) is 3.84. The van der Waals surface area contributed by atoms with Crippen LogP contribution in [0.25, 0.3) is 17.1 Å². The molecule has 0 saturated carbocycles. The molecule has 4 rings (SSSR count). The van der Waals surface area contributed by atoms with Crippen LogP contribution in [-0.2, 0) is 6.42 Å². The van der Waals surface area contributed by atoms with Crippen molar-refractivity contribution in [1.29, 1.82) is 0 Å². The van der Waals surface area contributed by atoms with Gasteiger partial charge in [0.15, 0.2) is 0 Å². The first-order chi connectivity index (χ1) is 15.0. The Hall–Kier alpha value is -4.00. The van der Waals surface area contributed by atoms with Gasteiger partial charge in [0.1, 0.15) is 5.82 Å². The summed E-state index contributed by atoms with van der Waals surface area (Å²) in [7, 11) is 0. The van der Waals surface area contributed by atoms with Crippen LogP contribution in [0.1, 0.15) is 35.1 Å². The summed E-state index contributed by atoms with van der Waals surface area (Å²) >= 11 is 0. The molecule has 31 heavy (non-hydrogen) atoms. The quantitative estimate of drug-likeness (QED) is 0.497. The Bertz CT molecular complexity index is 1260. The van der Waals surface area contributed by atoms with E-state index in [-0.39, 0.29) is 17.4 Å². The maximum Gasteiger partial charge on any atom is 0.256 e. The zero-order valence-electron chi connectivity index (χ0n) is 17.4. The number of carbonyl (C=O) groups excluding carboxylic acids is 1. The molecule has 0 saturated heterocycles. The number of carbonyl (C=O) groups is 1. The van der Waals surface area contributed by atoms with Gasteiger partial charge in [-0.05, 0) is 36.6 Å². The van der Waals surface area contributed by atoms with E-state index in [1.165, 1.54) is 10.7 Å². The second-order valence-electron chi connectivity index (χ2n) is 7.29. The molecule has 0 atom stereocenters. The molecule has 2 heterocycles. The summed E-state index contributed by atoms with van der Waals surface area (Å²) in [6, 6.07) is 20.6. The van der Waals surface area contributed by atoms with Crippen LogP contribution in [0.2, 0.25) is 0 Å².